The first-order valence-electron chi connectivity index (χ1n) is 11.3. The molecular formula is C27H25N3O4S. The van der Waals surface area contributed by atoms with Crippen LogP contribution in [-0.4, -0.2) is 28.8 Å². The summed E-state index contributed by atoms with van der Waals surface area (Å²) in [4.78, 5) is 32.0. The van der Waals surface area contributed by atoms with Gasteiger partial charge in [0.05, 0.1) is 35.6 Å². The summed E-state index contributed by atoms with van der Waals surface area (Å²) < 4.78 is 14.8. The molecule has 0 amide bonds. The molecule has 35 heavy (non-hydrogen) atoms. The third kappa shape index (κ3) is 3.89. The van der Waals surface area contributed by atoms with E-state index in [1.165, 1.54) is 11.3 Å². The van der Waals surface area contributed by atoms with Crippen molar-refractivity contribution in [1.82, 2.24) is 9.13 Å². The maximum absolute atomic E-state index is 13.8. The number of hydrogen-bond donors (Lipinski definition) is 0. The van der Waals surface area contributed by atoms with E-state index >= 15 is 0 Å². The fourth-order valence-corrected chi connectivity index (χ4v) is 5.56. The van der Waals surface area contributed by atoms with Crippen molar-refractivity contribution >= 4 is 34.3 Å². The van der Waals surface area contributed by atoms with E-state index in [-0.39, 0.29) is 12.2 Å². The van der Waals surface area contributed by atoms with Crippen molar-refractivity contribution in [2.75, 3.05) is 13.7 Å². The molecule has 7 nitrogen and oxygen atoms in total. The summed E-state index contributed by atoms with van der Waals surface area (Å²) in [5.41, 5.74) is 3.53. The lowest BCUT2D eigenvalue weighted by Gasteiger charge is -2.24. The SMILES string of the molecule is CCOC(=O)C1=C(C)N=c2s/c(=C\c3cn(C)c4ccccc34)c(=O)n2C1c1ccc(OC)cc1. The molecule has 1 aliphatic heterocycles. The fraction of sp³-hybridized carbons (Fsp3) is 0.222. The highest BCUT2D eigenvalue weighted by Gasteiger charge is 2.33. The highest BCUT2D eigenvalue weighted by Crippen LogP contribution is 2.31. The minimum absolute atomic E-state index is 0.197. The summed E-state index contributed by atoms with van der Waals surface area (Å²) in [6, 6.07) is 14.8. The minimum atomic E-state index is -0.647. The van der Waals surface area contributed by atoms with Crippen LogP contribution in [0.5, 0.6) is 5.75 Å². The number of thiazole rings is 1. The summed E-state index contributed by atoms with van der Waals surface area (Å²) in [7, 11) is 3.58. The van der Waals surface area contributed by atoms with Crippen molar-refractivity contribution < 1.29 is 14.3 Å². The highest BCUT2D eigenvalue weighted by atomic mass is 32.1. The second-order valence-corrected chi connectivity index (χ2v) is 9.30. The van der Waals surface area contributed by atoms with Gasteiger partial charge in [-0.05, 0) is 43.7 Å². The Morgan fingerprint density at radius 2 is 1.91 bits per heavy atom. The van der Waals surface area contributed by atoms with Gasteiger partial charge in [0.2, 0.25) is 0 Å². The molecule has 4 aromatic rings. The molecule has 0 bridgehead atoms. The van der Waals surface area contributed by atoms with Crippen LogP contribution < -0.4 is 19.6 Å². The van der Waals surface area contributed by atoms with E-state index in [4.69, 9.17) is 9.47 Å². The number of benzene rings is 2. The molecule has 0 aliphatic carbocycles. The predicted molar refractivity (Wildman–Crippen MR) is 136 cm³/mol. The average Bonchev–Trinajstić information content (AvgIpc) is 3.34. The van der Waals surface area contributed by atoms with Gasteiger partial charge in [0, 0.05) is 29.7 Å². The van der Waals surface area contributed by atoms with Crippen LogP contribution >= 0.6 is 11.3 Å². The van der Waals surface area contributed by atoms with E-state index < -0.39 is 12.0 Å². The first-order valence-corrected chi connectivity index (χ1v) is 12.1. The van der Waals surface area contributed by atoms with Crippen LogP contribution in [0.1, 0.15) is 31.0 Å². The fourth-order valence-electron chi connectivity index (χ4n) is 4.52. The first-order chi connectivity index (χ1) is 16.9. The van der Waals surface area contributed by atoms with Gasteiger partial charge in [0.1, 0.15) is 5.75 Å². The van der Waals surface area contributed by atoms with E-state index in [9.17, 15) is 9.59 Å². The molecule has 5 rings (SSSR count). The molecule has 0 radical (unpaired) electrons. The maximum atomic E-state index is 13.8. The smallest absolute Gasteiger partial charge is 0.338 e. The predicted octanol–water partition coefficient (Wildman–Crippen LogP) is 3.30. The molecule has 178 valence electrons. The molecule has 0 N–H and O–H groups in total. The van der Waals surface area contributed by atoms with Gasteiger partial charge in [-0.3, -0.25) is 9.36 Å². The van der Waals surface area contributed by atoms with Crippen molar-refractivity contribution in [3.8, 4) is 5.75 Å². The zero-order chi connectivity index (χ0) is 24.7. The Morgan fingerprint density at radius 3 is 2.63 bits per heavy atom. The zero-order valence-corrected chi connectivity index (χ0v) is 20.8. The number of rotatable bonds is 5. The third-order valence-corrected chi connectivity index (χ3v) is 7.15. The standard InChI is InChI=1S/C27H25N3O4S/c1-5-34-26(32)23-16(2)28-27-30(24(23)17-10-12-19(33-4)13-11-17)25(31)22(35-27)14-18-15-29(3)21-9-7-6-8-20(18)21/h6-15,24H,5H2,1-4H3/b22-14-. The van der Waals surface area contributed by atoms with Crippen LogP contribution in [0.3, 0.4) is 0 Å². The molecule has 2 aromatic carbocycles. The van der Waals surface area contributed by atoms with Gasteiger partial charge in [-0.1, -0.05) is 41.7 Å². The number of esters is 1. The molecule has 1 aliphatic rings. The number of aryl methyl sites for hydroxylation is 1. The van der Waals surface area contributed by atoms with Crippen molar-refractivity contribution in [1.29, 1.82) is 0 Å². The third-order valence-electron chi connectivity index (χ3n) is 6.16. The number of aromatic nitrogens is 2. The monoisotopic (exact) mass is 487 g/mol. The Kier molecular flexibility index (Phi) is 5.90. The largest absolute Gasteiger partial charge is 0.497 e. The van der Waals surface area contributed by atoms with Gasteiger partial charge in [-0.2, -0.15) is 0 Å². The quantitative estimate of drug-likeness (QED) is 0.405. The Labute approximate surface area is 205 Å². The maximum Gasteiger partial charge on any atom is 0.338 e. The van der Waals surface area contributed by atoms with E-state index in [0.29, 0.717) is 26.4 Å². The van der Waals surface area contributed by atoms with Crippen LogP contribution in [0, 0.1) is 0 Å². The number of hydrogen-bond acceptors (Lipinski definition) is 6. The summed E-state index contributed by atoms with van der Waals surface area (Å²) in [6.07, 6.45) is 3.92. The topological polar surface area (TPSA) is 74.8 Å². The van der Waals surface area contributed by atoms with Gasteiger partial charge in [0.25, 0.3) is 5.56 Å². The molecule has 0 spiro atoms. The average molecular weight is 488 g/mol. The number of allylic oxidation sites excluding steroid dienone is 1. The lowest BCUT2D eigenvalue weighted by Crippen LogP contribution is -2.39. The number of fused-ring (bicyclic) bond motifs is 2. The Hall–Kier alpha value is -3.91. The van der Waals surface area contributed by atoms with Crippen molar-refractivity contribution in [3.63, 3.8) is 0 Å². The number of nitrogens with zero attached hydrogens (tertiary/aromatic N) is 3. The summed E-state index contributed by atoms with van der Waals surface area (Å²) in [6.45, 7) is 3.77. The van der Waals surface area contributed by atoms with E-state index in [2.05, 4.69) is 4.99 Å². The van der Waals surface area contributed by atoms with E-state index in [0.717, 1.165) is 22.0 Å². The Balaban J connectivity index is 1.74. The van der Waals surface area contributed by atoms with Gasteiger partial charge in [-0.15, -0.1) is 0 Å². The van der Waals surface area contributed by atoms with Crippen molar-refractivity contribution in [2.45, 2.75) is 19.9 Å². The van der Waals surface area contributed by atoms with Crippen LogP contribution in [-0.2, 0) is 16.6 Å². The lowest BCUT2D eigenvalue weighted by atomic mass is 9.96. The molecular weight excluding hydrogens is 462 g/mol. The number of methoxy groups -OCH3 is 1. The lowest BCUT2D eigenvalue weighted by molar-refractivity contribution is -0.139. The van der Waals surface area contributed by atoms with Gasteiger partial charge in [-0.25, -0.2) is 9.79 Å². The molecule has 1 unspecified atom stereocenters. The minimum Gasteiger partial charge on any atom is -0.497 e. The molecule has 2 aromatic heterocycles. The van der Waals surface area contributed by atoms with E-state index in [1.54, 1.807) is 25.5 Å². The molecule has 3 heterocycles. The highest BCUT2D eigenvalue weighted by molar-refractivity contribution is 7.07. The summed E-state index contributed by atoms with van der Waals surface area (Å²) in [5, 5.41) is 1.07. The van der Waals surface area contributed by atoms with Gasteiger partial charge < -0.3 is 14.0 Å². The van der Waals surface area contributed by atoms with Crippen molar-refractivity contribution in [3.05, 3.63) is 96.8 Å². The van der Waals surface area contributed by atoms with Gasteiger partial charge in [0.15, 0.2) is 4.80 Å². The van der Waals surface area contributed by atoms with Crippen LogP contribution in [0.2, 0.25) is 0 Å². The molecule has 0 fully saturated rings. The summed E-state index contributed by atoms with van der Waals surface area (Å²) in [5.74, 6) is 0.216. The molecule has 0 saturated carbocycles. The van der Waals surface area contributed by atoms with E-state index in [1.807, 2.05) is 72.4 Å². The second-order valence-electron chi connectivity index (χ2n) is 8.29. The zero-order valence-electron chi connectivity index (χ0n) is 19.9. The summed E-state index contributed by atoms with van der Waals surface area (Å²) >= 11 is 1.32. The van der Waals surface area contributed by atoms with Crippen LogP contribution in [0.25, 0.3) is 17.0 Å². The first kappa shape index (κ1) is 22.9. The second kappa shape index (κ2) is 9.03. The molecule has 1 atom stereocenters. The molecule has 0 saturated heterocycles. The molecule has 8 heteroatoms. The number of carbonyl (C=O) groups is 1. The number of carbonyl (C=O) groups excluding carboxylic acids is 1. The number of ether oxygens (including phenoxy) is 2. The number of para-hydroxylation sites is 1. The Morgan fingerprint density at radius 1 is 1.17 bits per heavy atom. The van der Waals surface area contributed by atoms with Gasteiger partial charge >= 0.3 is 5.97 Å². The van der Waals surface area contributed by atoms with Crippen LogP contribution in [0.15, 0.2) is 75.8 Å². The van der Waals surface area contributed by atoms with Crippen LogP contribution in [0.4, 0.5) is 0 Å². The normalized spacial score (nSPS) is 15.8. The Bertz CT molecular complexity index is 1660. The van der Waals surface area contributed by atoms with Crippen molar-refractivity contribution in [2.24, 2.45) is 12.0 Å².